The Bertz CT molecular complexity index is 1300. The molecule has 0 aliphatic rings. The monoisotopic (exact) mass is 398 g/mol. The number of aromatic nitrogens is 3. The maximum atomic E-state index is 13.0. The second kappa shape index (κ2) is 7.91. The normalized spacial score (nSPS) is 12.0. The van der Waals surface area contributed by atoms with E-state index in [0.29, 0.717) is 22.3 Å². The van der Waals surface area contributed by atoms with Gasteiger partial charge in [-0.05, 0) is 49.6 Å². The molecule has 2 heterocycles. The van der Waals surface area contributed by atoms with Gasteiger partial charge >= 0.3 is 0 Å². The molecular formula is C24H22N4O2. The lowest BCUT2D eigenvalue weighted by atomic mass is 9.99. The van der Waals surface area contributed by atoms with Gasteiger partial charge in [0.15, 0.2) is 0 Å². The van der Waals surface area contributed by atoms with Crippen LogP contribution in [0.1, 0.15) is 29.8 Å². The standard InChI is InChI=1S/C24H22N4O2/c1-14-16(3)25-21(13-20(14)17-9-5-4-6-10-17)26-23(29)15(2)22-18-11-7-8-12-19(18)24(30)28-27-22/h4-13,15H,1-3H3,(H,28,30)(H,25,26,29). The van der Waals surface area contributed by atoms with Crippen molar-refractivity contribution in [1.29, 1.82) is 0 Å². The lowest BCUT2D eigenvalue weighted by molar-refractivity contribution is -0.117. The molecule has 0 saturated heterocycles. The van der Waals surface area contributed by atoms with E-state index in [1.807, 2.05) is 56.3 Å². The minimum absolute atomic E-state index is 0.241. The number of H-pyrrole nitrogens is 1. The molecule has 0 fully saturated rings. The molecule has 6 nitrogen and oxygen atoms in total. The van der Waals surface area contributed by atoms with Gasteiger partial charge in [0.2, 0.25) is 5.91 Å². The maximum Gasteiger partial charge on any atom is 0.272 e. The molecule has 2 N–H and O–H groups in total. The number of carbonyl (C=O) groups excluding carboxylic acids is 1. The summed E-state index contributed by atoms with van der Waals surface area (Å²) >= 11 is 0. The van der Waals surface area contributed by atoms with E-state index in [0.717, 1.165) is 22.4 Å². The number of fused-ring (bicyclic) bond motifs is 1. The molecule has 0 bridgehead atoms. The van der Waals surface area contributed by atoms with E-state index in [-0.39, 0.29) is 11.5 Å². The van der Waals surface area contributed by atoms with Gasteiger partial charge in [-0.3, -0.25) is 9.59 Å². The van der Waals surface area contributed by atoms with Gasteiger partial charge in [0.25, 0.3) is 5.56 Å². The van der Waals surface area contributed by atoms with E-state index < -0.39 is 5.92 Å². The van der Waals surface area contributed by atoms with E-state index in [2.05, 4.69) is 20.5 Å². The van der Waals surface area contributed by atoms with Gasteiger partial charge in [-0.2, -0.15) is 5.10 Å². The first kappa shape index (κ1) is 19.5. The molecule has 1 unspecified atom stereocenters. The molecule has 0 radical (unpaired) electrons. The minimum atomic E-state index is -0.574. The van der Waals surface area contributed by atoms with E-state index in [9.17, 15) is 9.59 Å². The summed E-state index contributed by atoms with van der Waals surface area (Å²) in [6.45, 7) is 5.72. The first-order valence-corrected chi connectivity index (χ1v) is 9.77. The Labute approximate surface area is 174 Å². The summed E-state index contributed by atoms with van der Waals surface area (Å²) < 4.78 is 0. The number of nitrogens with one attached hydrogen (secondary N) is 2. The van der Waals surface area contributed by atoms with Crippen LogP contribution in [-0.4, -0.2) is 21.1 Å². The van der Waals surface area contributed by atoms with Crippen LogP contribution in [0.25, 0.3) is 21.9 Å². The van der Waals surface area contributed by atoms with Crippen LogP contribution in [0.3, 0.4) is 0 Å². The molecule has 0 aliphatic carbocycles. The summed E-state index contributed by atoms with van der Waals surface area (Å²) in [5.41, 5.74) is 4.27. The Morgan fingerprint density at radius 2 is 1.67 bits per heavy atom. The number of amides is 1. The number of pyridine rings is 1. The van der Waals surface area contributed by atoms with E-state index in [1.165, 1.54) is 0 Å². The Morgan fingerprint density at radius 1 is 1.00 bits per heavy atom. The largest absolute Gasteiger partial charge is 0.310 e. The number of hydrogen-bond donors (Lipinski definition) is 2. The van der Waals surface area contributed by atoms with Crippen molar-refractivity contribution in [3.63, 3.8) is 0 Å². The fraction of sp³-hybridized carbons (Fsp3) is 0.167. The number of aryl methyl sites for hydroxylation is 1. The van der Waals surface area contributed by atoms with Gasteiger partial charge in [-0.25, -0.2) is 10.1 Å². The Balaban J connectivity index is 1.67. The molecule has 0 saturated carbocycles. The highest BCUT2D eigenvalue weighted by atomic mass is 16.2. The van der Waals surface area contributed by atoms with Crippen LogP contribution in [0.15, 0.2) is 65.5 Å². The third-order valence-electron chi connectivity index (χ3n) is 5.38. The van der Waals surface area contributed by atoms with Crippen LogP contribution < -0.4 is 10.9 Å². The zero-order valence-electron chi connectivity index (χ0n) is 17.1. The molecule has 4 aromatic rings. The van der Waals surface area contributed by atoms with Crippen molar-refractivity contribution in [1.82, 2.24) is 15.2 Å². The average Bonchev–Trinajstić information content (AvgIpc) is 2.76. The van der Waals surface area contributed by atoms with Crippen molar-refractivity contribution < 1.29 is 4.79 Å². The number of anilines is 1. The van der Waals surface area contributed by atoms with Gasteiger partial charge in [-0.1, -0.05) is 48.5 Å². The number of nitrogens with zero attached hydrogens (tertiary/aromatic N) is 2. The van der Waals surface area contributed by atoms with Crippen LogP contribution in [0, 0.1) is 13.8 Å². The Kier molecular flexibility index (Phi) is 5.14. The number of hydrogen-bond acceptors (Lipinski definition) is 4. The maximum absolute atomic E-state index is 13.0. The van der Waals surface area contributed by atoms with Gasteiger partial charge in [0.05, 0.1) is 17.0 Å². The molecule has 2 aromatic carbocycles. The second-order valence-corrected chi connectivity index (χ2v) is 7.33. The fourth-order valence-corrected chi connectivity index (χ4v) is 3.54. The number of benzene rings is 2. The van der Waals surface area contributed by atoms with Crippen molar-refractivity contribution in [3.8, 4) is 11.1 Å². The van der Waals surface area contributed by atoms with E-state index in [1.54, 1.807) is 25.1 Å². The predicted molar refractivity (Wildman–Crippen MR) is 119 cm³/mol. The third-order valence-corrected chi connectivity index (χ3v) is 5.38. The van der Waals surface area contributed by atoms with Crippen LogP contribution in [0.2, 0.25) is 0 Å². The fourth-order valence-electron chi connectivity index (χ4n) is 3.54. The van der Waals surface area contributed by atoms with Crippen LogP contribution in [0.4, 0.5) is 5.82 Å². The number of aromatic amines is 1. The number of rotatable bonds is 4. The van der Waals surface area contributed by atoms with Gasteiger partial charge in [0, 0.05) is 11.1 Å². The van der Waals surface area contributed by atoms with Gasteiger partial charge in [-0.15, -0.1) is 0 Å². The molecule has 6 heteroatoms. The van der Waals surface area contributed by atoms with Crippen molar-refractivity contribution in [2.75, 3.05) is 5.32 Å². The first-order valence-electron chi connectivity index (χ1n) is 9.77. The molecular weight excluding hydrogens is 376 g/mol. The summed E-state index contributed by atoms with van der Waals surface area (Å²) in [6, 6.07) is 19.0. The Morgan fingerprint density at radius 3 is 2.40 bits per heavy atom. The second-order valence-electron chi connectivity index (χ2n) is 7.33. The molecule has 0 spiro atoms. The average molecular weight is 398 g/mol. The molecule has 150 valence electrons. The van der Waals surface area contributed by atoms with Gasteiger partial charge < -0.3 is 5.32 Å². The highest BCUT2D eigenvalue weighted by molar-refractivity contribution is 5.98. The van der Waals surface area contributed by atoms with Gasteiger partial charge in [0.1, 0.15) is 5.82 Å². The zero-order valence-corrected chi connectivity index (χ0v) is 17.1. The summed E-state index contributed by atoms with van der Waals surface area (Å²) in [4.78, 5) is 29.6. The van der Waals surface area contributed by atoms with Crippen molar-refractivity contribution in [3.05, 3.63) is 88.0 Å². The summed E-state index contributed by atoms with van der Waals surface area (Å²) in [7, 11) is 0. The zero-order chi connectivity index (χ0) is 21.3. The summed E-state index contributed by atoms with van der Waals surface area (Å²) in [5, 5.41) is 10.7. The van der Waals surface area contributed by atoms with Crippen LogP contribution >= 0.6 is 0 Å². The highest BCUT2D eigenvalue weighted by Gasteiger charge is 2.21. The molecule has 0 aliphatic heterocycles. The molecule has 4 rings (SSSR count). The lowest BCUT2D eigenvalue weighted by Crippen LogP contribution is -2.23. The van der Waals surface area contributed by atoms with E-state index in [4.69, 9.17) is 0 Å². The van der Waals surface area contributed by atoms with E-state index >= 15 is 0 Å². The van der Waals surface area contributed by atoms with Crippen LogP contribution in [0.5, 0.6) is 0 Å². The topological polar surface area (TPSA) is 87.7 Å². The van der Waals surface area contributed by atoms with Crippen molar-refractivity contribution >= 4 is 22.5 Å². The first-order chi connectivity index (χ1) is 14.5. The quantitative estimate of drug-likeness (QED) is 0.535. The molecule has 1 atom stereocenters. The summed E-state index contributed by atoms with van der Waals surface area (Å²) in [5.74, 6) is -0.327. The van der Waals surface area contributed by atoms with Crippen molar-refractivity contribution in [2.45, 2.75) is 26.7 Å². The highest BCUT2D eigenvalue weighted by Crippen LogP contribution is 2.28. The predicted octanol–water partition coefficient (Wildman–Crippen LogP) is 4.34. The molecule has 2 aromatic heterocycles. The molecule has 30 heavy (non-hydrogen) atoms. The smallest absolute Gasteiger partial charge is 0.272 e. The SMILES string of the molecule is Cc1nc(NC(=O)C(C)c2n[nH]c(=O)c3ccccc23)cc(-c2ccccc2)c1C. The van der Waals surface area contributed by atoms with Crippen LogP contribution in [-0.2, 0) is 4.79 Å². The third kappa shape index (κ3) is 3.59. The van der Waals surface area contributed by atoms with Crippen molar-refractivity contribution in [2.24, 2.45) is 0 Å². The molecule has 1 amide bonds. The summed E-state index contributed by atoms with van der Waals surface area (Å²) in [6.07, 6.45) is 0. The Hall–Kier alpha value is -3.80. The number of carbonyl (C=O) groups is 1. The lowest BCUT2D eigenvalue weighted by Gasteiger charge is -2.15. The minimum Gasteiger partial charge on any atom is -0.310 e.